The Bertz CT molecular complexity index is 885. The minimum Gasteiger partial charge on any atom is -0.166 e. The van der Waals surface area contributed by atoms with Crippen molar-refractivity contribution in [3.05, 3.63) is 82.9 Å². The average Bonchev–Trinajstić information content (AvgIpc) is 2.78. The second-order valence-corrected chi connectivity index (χ2v) is 8.51. The van der Waals surface area contributed by atoms with Crippen LogP contribution in [-0.4, -0.2) is 0 Å². The monoisotopic (exact) mass is 424 g/mol. The van der Waals surface area contributed by atoms with Gasteiger partial charge >= 0.3 is 6.18 Å². The lowest BCUT2D eigenvalue weighted by atomic mass is 9.78. The minimum absolute atomic E-state index is 0.534. The lowest BCUT2D eigenvalue weighted by Crippen LogP contribution is -2.11. The summed E-state index contributed by atoms with van der Waals surface area (Å²) in [6.07, 6.45) is 9.41. The van der Waals surface area contributed by atoms with Crippen LogP contribution in [0.4, 0.5) is 13.2 Å². The molecule has 1 fully saturated rings. The molecule has 0 nitrogen and oxygen atoms in total. The molecule has 2 aromatic carbocycles. The molecule has 0 bridgehead atoms. The molecular weight excluding hydrogens is 393 g/mol. The number of benzene rings is 2. The van der Waals surface area contributed by atoms with E-state index in [2.05, 4.69) is 49.1 Å². The van der Waals surface area contributed by atoms with Gasteiger partial charge in [0.25, 0.3) is 0 Å². The van der Waals surface area contributed by atoms with E-state index in [0.717, 1.165) is 25.0 Å². The number of rotatable bonds is 6. The maximum Gasteiger partial charge on any atom is 0.416 e. The lowest BCUT2D eigenvalue weighted by Gasteiger charge is -2.27. The first kappa shape index (κ1) is 23.2. The number of halogens is 3. The maximum absolute atomic E-state index is 12.6. The molecule has 0 saturated heterocycles. The first-order chi connectivity index (χ1) is 15.0. The van der Waals surface area contributed by atoms with Crippen molar-refractivity contribution in [2.45, 2.75) is 70.4 Å². The van der Waals surface area contributed by atoms with Gasteiger partial charge in [0.15, 0.2) is 0 Å². The lowest BCUT2D eigenvalue weighted by molar-refractivity contribution is -0.137. The highest BCUT2D eigenvalue weighted by Gasteiger charge is 2.29. The molecule has 1 saturated carbocycles. The van der Waals surface area contributed by atoms with E-state index >= 15 is 0 Å². The molecule has 0 unspecified atom stereocenters. The molecule has 3 heteroatoms. The highest BCUT2D eigenvalue weighted by atomic mass is 19.4. The Morgan fingerprint density at radius 2 is 1.58 bits per heavy atom. The van der Waals surface area contributed by atoms with Crippen LogP contribution in [0.25, 0.3) is 0 Å². The van der Waals surface area contributed by atoms with Gasteiger partial charge in [-0.05, 0) is 91.8 Å². The summed E-state index contributed by atoms with van der Waals surface area (Å²) < 4.78 is 37.8. The summed E-state index contributed by atoms with van der Waals surface area (Å²) in [6, 6.07) is 14.2. The smallest absolute Gasteiger partial charge is 0.166 e. The molecule has 0 aromatic heterocycles. The fourth-order valence-electron chi connectivity index (χ4n) is 4.23. The molecule has 31 heavy (non-hydrogen) atoms. The van der Waals surface area contributed by atoms with Crippen molar-refractivity contribution in [1.82, 2.24) is 0 Å². The van der Waals surface area contributed by atoms with E-state index in [-0.39, 0.29) is 0 Å². The SMILES string of the molecule is CCCCCc1ccc([C@H]2CC[C@H](C=CC#Cc3ccc(C(F)(F)F)cc3)CC2)cc1. The van der Waals surface area contributed by atoms with Crippen LogP contribution in [0, 0.1) is 17.8 Å². The van der Waals surface area contributed by atoms with Crippen molar-refractivity contribution in [3.8, 4) is 11.8 Å². The Hall–Kier alpha value is -2.47. The topological polar surface area (TPSA) is 0 Å². The summed E-state index contributed by atoms with van der Waals surface area (Å²) in [6.45, 7) is 2.24. The van der Waals surface area contributed by atoms with Gasteiger partial charge in [-0.15, -0.1) is 0 Å². The molecule has 2 aromatic rings. The summed E-state index contributed by atoms with van der Waals surface area (Å²) in [5, 5.41) is 0. The Balaban J connectivity index is 1.45. The Morgan fingerprint density at radius 1 is 0.903 bits per heavy atom. The Morgan fingerprint density at radius 3 is 2.19 bits per heavy atom. The minimum atomic E-state index is -4.30. The van der Waals surface area contributed by atoms with Gasteiger partial charge in [-0.1, -0.05) is 61.9 Å². The third-order valence-electron chi connectivity index (χ3n) is 6.17. The van der Waals surface area contributed by atoms with Crippen LogP contribution < -0.4 is 0 Å². The molecule has 0 amide bonds. The molecule has 164 valence electrons. The zero-order valence-corrected chi connectivity index (χ0v) is 18.2. The number of aryl methyl sites for hydroxylation is 1. The van der Waals surface area contributed by atoms with Gasteiger partial charge in [-0.25, -0.2) is 0 Å². The van der Waals surface area contributed by atoms with Gasteiger partial charge in [0.2, 0.25) is 0 Å². The van der Waals surface area contributed by atoms with E-state index in [1.54, 1.807) is 0 Å². The van der Waals surface area contributed by atoms with E-state index in [0.29, 0.717) is 17.4 Å². The standard InChI is InChI=1S/C28H31F3/c1-2-3-4-7-22-10-16-25(17-11-22)26-18-12-23(13-19-26)8-5-6-9-24-14-20-27(21-15-24)28(29,30)31/h5,8,10-11,14-17,20-21,23,26H,2-4,7,12-13,18-19H2,1H3/t23-,26-. The predicted octanol–water partition coefficient (Wildman–Crippen LogP) is 8.32. The van der Waals surface area contributed by atoms with Crippen molar-refractivity contribution in [3.63, 3.8) is 0 Å². The Labute approximate surface area is 184 Å². The normalized spacial score (nSPS) is 19.2. The van der Waals surface area contributed by atoms with Gasteiger partial charge < -0.3 is 0 Å². The largest absolute Gasteiger partial charge is 0.416 e. The fraction of sp³-hybridized carbons (Fsp3) is 0.429. The first-order valence-corrected chi connectivity index (χ1v) is 11.4. The van der Waals surface area contributed by atoms with E-state index < -0.39 is 11.7 Å². The third-order valence-corrected chi connectivity index (χ3v) is 6.17. The number of allylic oxidation sites excluding steroid dienone is 2. The van der Waals surface area contributed by atoms with Crippen molar-refractivity contribution in [1.29, 1.82) is 0 Å². The molecule has 3 rings (SSSR count). The molecular formula is C28H31F3. The second-order valence-electron chi connectivity index (χ2n) is 8.51. The molecule has 0 heterocycles. The number of unbranched alkanes of at least 4 members (excludes halogenated alkanes) is 2. The predicted molar refractivity (Wildman–Crippen MR) is 122 cm³/mol. The molecule has 1 aliphatic carbocycles. The van der Waals surface area contributed by atoms with E-state index in [9.17, 15) is 13.2 Å². The number of hydrogen-bond donors (Lipinski definition) is 0. The summed E-state index contributed by atoms with van der Waals surface area (Å²) in [4.78, 5) is 0. The zero-order valence-electron chi connectivity index (χ0n) is 18.2. The van der Waals surface area contributed by atoms with Crippen LogP contribution in [0.2, 0.25) is 0 Å². The van der Waals surface area contributed by atoms with Gasteiger partial charge in [0, 0.05) is 5.56 Å². The molecule has 0 atom stereocenters. The first-order valence-electron chi connectivity index (χ1n) is 11.4. The van der Waals surface area contributed by atoms with Gasteiger partial charge in [0.05, 0.1) is 5.56 Å². The van der Waals surface area contributed by atoms with Crippen LogP contribution in [0.5, 0.6) is 0 Å². The molecule has 0 spiro atoms. The maximum atomic E-state index is 12.6. The summed E-state index contributed by atoms with van der Waals surface area (Å²) in [5.74, 6) is 7.06. The van der Waals surface area contributed by atoms with Crippen LogP contribution in [0.15, 0.2) is 60.7 Å². The zero-order chi connectivity index (χ0) is 22.1. The van der Waals surface area contributed by atoms with E-state index in [4.69, 9.17) is 0 Å². The van der Waals surface area contributed by atoms with E-state index in [1.165, 1.54) is 61.8 Å². The van der Waals surface area contributed by atoms with Crippen molar-refractivity contribution in [2.24, 2.45) is 5.92 Å². The van der Waals surface area contributed by atoms with E-state index in [1.807, 2.05) is 6.08 Å². The van der Waals surface area contributed by atoms with Crippen LogP contribution in [0.3, 0.4) is 0 Å². The third kappa shape index (κ3) is 7.31. The number of alkyl halides is 3. The molecule has 0 aliphatic heterocycles. The summed E-state index contributed by atoms with van der Waals surface area (Å²) >= 11 is 0. The van der Waals surface area contributed by atoms with Gasteiger partial charge in [0.1, 0.15) is 0 Å². The molecule has 0 radical (unpaired) electrons. The van der Waals surface area contributed by atoms with Crippen LogP contribution in [0.1, 0.15) is 80.0 Å². The summed E-state index contributed by atoms with van der Waals surface area (Å²) in [7, 11) is 0. The highest BCUT2D eigenvalue weighted by molar-refractivity contribution is 5.39. The van der Waals surface area contributed by atoms with Gasteiger partial charge in [-0.2, -0.15) is 13.2 Å². The highest BCUT2D eigenvalue weighted by Crippen LogP contribution is 2.36. The number of hydrogen-bond acceptors (Lipinski definition) is 0. The average molecular weight is 425 g/mol. The van der Waals surface area contributed by atoms with Crippen LogP contribution in [-0.2, 0) is 12.6 Å². The van der Waals surface area contributed by atoms with Gasteiger partial charge in [-0.3, -0.25) is 0 Å². The quantitative estimate of drug-likeness (QED) is 0.323. The second kappa shape index (κ2) is 11.2. The fourth-order valence-corrected chi connectivity index (χ4v) is 4.23. The van der Waals surface area contributed by atoms with Crippen molar-refractivity contribution in [2.75, 3.05) is 0 Å². The van der Waals surface area contributed by atoms with Crippen molar-refractivity contribution < 1.29 is 13.2 Å². The molecule has 1 aliphatic rings. The van der Waals surface area contributed by atoms with Crippen molar-refractivity contribution >= 4 is 0 Å². The Kier molecular flexibility index (Phi) is 8.41. The van der Waals surface area contributed by atoms with Crippen LogP contribution >= 0.6 is 0 Å². The molecule has 0 N–H and O–H groups in total. The summed E-state index contributed by atoms with van der Waals surface area (Å²) in [5.41, 5.74) is 2.86.